The smallest absolute Gasteiger partial charge is 0.101 e. The van der Waals surface area contributed by atoms with E-state index >= 15 is 0 Å². The van der Waals surface area contributed by atoms with Crippen LogP contribution in [0.2, 0.25) is 0 Å². The van der Waals surface area contributed by atoms with Gasteiger partial charge in [0.1, 0.15) is 6.07 Å². The lowest BCUT2D eigenvalue weighted by Gasteiger charge is -2.07. The summed E-state index contributed by atoms with van der Waals surface area (Å²) >= 11 is 0. The first-order valence-electron chi connectivity index (χ1n) is 6.32. The van der Waals surface area contributed by atoms with Crippen LogP contribution in [-0.4, -0.2) is 4.57 Å². The van der Waals surface area contributed by atoms with Crippen LogP contribution < -0.4 is 0 Å². The van der Waals surface area contributed by atoms with Gasteiger partial charge in [-0.2, -0.15) is 5.26 Å². The molecule has 2 aromatic carbocycles. The van der Waals surface area contributed by atoms with E-state index < -0.39 is 0 Å². The summed E-state index contributed by atoms with van der Waals surface area (Å²) in [6, 6.07) is 18.7. The Hall–Kier alpha value is -2.53. The van der Waals surface area contributed by atoms with Crippen molar-refractivity contribution >= 4 is 10.9 Å². The summed E-state index contributed by atoms with van der Waals surface area (Å²) in [4.78, 5) is 0. The van der Waals surface area contributed by atoms with E-state index in [1.165, 1.54) is 11.1 Å². The van der Waals surface area contributed by atoms with Crippen LogP contribution in [0.3, 0.4) is 0 Å². The van der Waals surface area contributed by atoms with E-state index in [0.29, 0.717) is 0 Å². The van der Waals surface area contributed by atoms with Crippen LogP contribution in [0.15, 0.2) is 54.7 Å². The monoisotopic (exact) mass is 246 g/mol. The number of benzene rings is 2. The highest BCUT2D eigenvalue weighted by Gasteiger charge is 2.10. The zero-order valence-electron chi connectivity index (χ0n) is 10.8. The maximum Gasteiger partial charge on any atom is 0.101 e. The van der Waals surface area contributed by atoms with Crippen molar-refractivity contribution in [1.29, 1.82) is 5.26 Å². The van der Waals surface area contributed by atoms with Gasteiger partial charge in [0.25, 0.3) is 0 Å². The topological polar surface area (TPSA) is 28.7 Å². The van der Waals surface area contributed by atoms with Gasteiger partial charge in [-0.1, -0.05) is 48.5 Å². The van der Waals surface area contributed by atoms with Gasteiger partial charge in [-0.05, 0) is 18.1 Å². The van der Waals surface area contributed by atoms with Crippen molar-refractivity contribution in [2.45, 2.75) is 13.5 Å². The van der Waals surface area contributed by atoms with E-state index in [1.54, 1.807) is 0 Å². The van der Waals surface area contributed by atoms with Crippen molar-refractivity contribution in [3.05, 3.63) is 71.4 Å². The first kappa shape index (κ1) is 11.6. The molecule has 92 valence electrons. The van der Waals surface area contributed by atoms with Gasteiger partial charge < -0.3 is 4.57 Å². The maximum absolute atomic E-state index is 9.24. The first-order chi connectivity index (χ1) is 9.29. The van der Waals surface area contributed by atoms with Gasteiger partial charge >= 0.3 is 0 Å². The largest absolute Gasteiger partial charge is 0.341 e. The van der Waals surface area contributed by atoms with Gasteiger partial charge in [0.05, 0.1) is 11.1 Å². The highest BCUT2D eigenvalue weighted by atomic mass is 15.0. The van der Waals surface area contributed by atoms with Gasteiger partial charge in [-0.25, -0.2) is 0 Å². The summed E-state index contributed by atoms with van der Waals surface area (Å²) in [6.07, 6.45) is 1.95. The molecule has 0 saturated carbocycles. The molecule has 0 radical (unpaired) electrons. The lowest BCUT2D eigenvalue weighted by Crippen LogP contribution is -1.98. The molecule has 1 aromatic heterocycles. The summed E-state index contributed by atoms with van der Waals surface area (Å²) in [5.74, 6) is 0. The minimum Gasteiger partial charge on any atom is -0.341 e. The highest BCUT2D eigenvalue weighted by molar-refractivity contribution is 5.88. The molecule has 2 heteroatoms. The maximum atomic E-state index is 9.24. The van der Waals surface area contributed by atoms with Crippen molar-refractivity contribution in [1.82, 2.24) is 4.57 Å². The number of rotatable bonds is 2. The zero-order chi connectivity index (χ0) is 13.2. The summed E-state index contributed by atoms with van der Waals surface area (Å²) in [5.41, 5.74) is 4.35. The normalized spacial score (nSPS) is 10.5. The number of hydrogen-bond donors (Lipinski definition) is 0. The molecule has 0 atom stereocenters. The summed E-state index contributed by atoms with van der Waals surface area (Å²) in [6.45, 7) is 2.88. The molecule has 2 nitrogen and oxygen atoms in total. The van der Waals surface area contributed by atoms with Crippen molar-refractivity contribution in [2.75, 3.05) is 0 Å². The summed E-state index contributed by atoms with van der Waals surface area (Å²) < 4.78 is 2.17. The second-order valence-electron chi connectivity index (χ2n) is 4.74. The summed E-state index contributed by atoms with van der Waals surface area (Å²) in [5, 5.41) is 10.3. The molecule has 3 rings (SSSR count). The van der Waals surface area contributed by atoms with Crippen LogP contribution >= 0.6 is 0 Å². The molecule has 0 aliphatic rings. The fourth-order valence-electron chi connectivity index (χ4n) is 2.54. The van der Waals surface area contributed by atoms with Crippen LogP contribution in [0, 0.1) is 18.3 Å². The molecule has 0 fully saturated rings. The number of nitrogens with zero attached hydrogens (tertiary/aromatic N) is 2. The fraction of sp³-hybridized carbons (Fsp3) is 0.118. The number of nitriles is 1. The highest BCUT2D eigenvalue weighted by Crippen LogP contribution is 2.24. The Kier molecular flexibility index (Phi) is 2.81. The van der Waals surface area contributed by atoms with E-state index in [0.717, 1.165) is 23.0 Å². The minimum atomic E-state index is 0.745. The predicted octanol–water partition coefficient (Wildman–Crippen LogP) is 3.87. The Morgan fingerprint density at radius 3 is 2.58 bits per heavy atom. The van der Waals surface area contributed by atoms with Crippen molar-refractivity contribution in [3.63, 3.8) is 0 Å². The minimum absolute atomic E-state index is 0.745. The number of hydrogen-bond acceptors (Lipinski definition) is 1. The molecule has 0 N–H and O–H groups in total. The third-order valence-electron chi connectivity index (χ3n) is 3.42. The molecule has 0 aliphatic carbocycles. The Bertz CT molecular complexity index is 761. The van der Waals surface area contributed by atoms with E-state index in [2.05, 4.69) is 35.8 Å². The molecular weight excluding hydrogens is 232 g/mol. The lowest BCUT2D eigenvalue weighted by atomic mass is 10.1. The van der Waals surface area contributed by atoms with Crippen molar-refractivity contribution < 1.29 is 0 Å². The van der Waals surface area contributed by atoms with Crippen LogP contribution in [0.25, 0.3) is 10.9 Å². The quantitative estimate of drug-likeness (QED) is 0.674. The van der Waals surface area contributed by atoms with Crippen LogP contribution in [0.4, 0.5) is 0 Å². The third kappa shape index (κ3) is 2.00. The number of para-hydroxylation sites is 1. The zero-order valence-corrected chi connectivity index (χ0v) is 10.8. The van der Waals surface area contributed by atoms with E-state index in [9.17, 15) is 5.26 Å². The third-order valence-corrected chi connectivity index (χ3v) is 3.42. The van der Waals surface area contributed by atoms with Gasteiger partial charge in [0.15, 0.2) is 0 Å². The molecule has 0 amide bonds. The average molecular weight is 246 g/mol. The molecule has 0 unspecified atom stereocenters. The van der Waals surface area contributed by atoms with Gasteiger partial charge in [-0.15, -0.1) is 0 Å². The number of aryl methyl sites for hydroxylation is 1. The Morgan fingerprint density at radius 1 is 1.05 bits per heavy atom. The predicted molar refractivity (Wildman–Crippen MR) is 76.9 cm³/mol. The Morgan fingerprint density at radius 2 is 1.84 bits per heavy atom. The average Bonchev–Trinajstić information content (AvgIpc) is 2.79. The van der Waals surface area contributed by atoms with Gasteiger partial charge in [0.2, 0.25) is 0 Å². The molecule has 0 spiro atoms. The fourth-order valence-corrected chi connectivity index (χ4v) is 2.54. The van der Waals surface area contributed by atoms with Crippen molar-refractivity contribution in [3.8, 4) is 6.07 Å². The van der Waals surface area contributed by atoms with E-state index in [-0.39, 0.29) is 0 Å². The van der Waals surface area contributed by atoms with Gasteiger partial charge in [0, 0.05) is 18.1 Å². The molecule has 0 bridgehead atoms. The molecule has 0 aliphatic heterocycles. The molecule has 0 saturated heterocycles. The molecule has 1 heterocycles. The number of fused-ring (bicyclic) bond motifs is 1. The molecule has 3 aromatic rings. The lowest BCUT2D eigenvalue weighted by molar-refractivity contribution is 0.833. The van der Waals surface area contributed by atoms with Crippen LogP contribution in [0.5, 0.6) is 0 Å². The molecular formula is C17H14N2. The number of aromatic nitrogens is 1. The first-order valence-corrected chi connectivity index (χ1v) is 6.32. The van der Waals surface area contributed by atoms with E-state index in [4.69, 9.17) is 0 Å². The molecule has 19 heavy (non-hydrogen) atoms. The second-order valence-corrected chi connectivity index (χ2v) is 4.74. The summed E-state index contributed by atoms with van der Waals surface area (Å²) in [7, 11) is 0. The Labute approximate surface area is 112 Å². The van der Waals surface area contributed by atoms with Crippen LogP contribution in [-0.2, 0) is 6.54 Å². The van der Waals surface area contributed by atoms with Gasteiger partial charge in [-0.3, -0.25) is 0 Å². The standard InChI is InChI=1S/C17H14N2/c1-13-6-5-9-16-15(10-18)12-19(17(13)16)11-14-7-3-2-4-8-14/h2-9,12H,11H2,1H3. The Balaban J connectivity index is 2.17. The van der Waals surface area contributed by atoms with Crippen LogP contribution in [0.1, 0.15) is 16.7 Å². The SMILES string of the molecule is Cc1cccc2c(C#N)cn(Cc3ccccc3)c12. The van der Waals surface area contributed by atoms with Crippen molar-refractivity contribution in [2.24, 2.45) is 0 Å². The van der Waals surface area contributed by atoms with E-state index in [1.807, 2.05) is 36.5 Å². The second kappa shape index (κ2) is 4.62.